The van der Waals surface area contributed by atoms with Crippen molar-refractivity contribution in [1.82, 2.24) is 15.4 Å². The van der Waals surface area contributed by atoms with Gasteiger partial charge in [-0.05, 0) is 49.2 Å². The Kier molecular flexibility index (Phi) is 11.6. The molecule has 1 aromatic heterocycles. The number of nitrogens with zero attached hydrogens (tertiary/aromatic N) is 5. The zero-order chi connectivity index (χ0) is 30.2. The number of rotatable bonds is 10. The standard InChI is InChI=1S/C31H32ClFN6O4.BrH/c1-2-42-30-19-26(11-12-29(30)39(40)41)37-15-17-38(18-16-37)31(34-14-13-22-3-9-25(33)10-4-22)35-21-27-20-28(36-43-27)23-5-7-24(32)8-6-23;/h3-12,19-20H,2,13-18,21H2,1H3,(H,34,35);1H. The maximum absolute atomic E-state index is 13.3. The van der Waals surface area contributed by atoms with Gasteiger partial charge in [-0.1, -0.05) is 41.0 Å². The minimum absolute atomic E-state index is 0. The smallest absolute Gasteiger partial charge is 0.311 e. The molecule has 1 aliphatic rings. The van der Waals surface area contributed by atoms with Crippen LogP contribution in [-0.2, 0) is 13.0 Å². The predicted octanol–water partition coefficient (Wildman–Crippen LogP) is 6.53. The van der Waals surface area contributed by atoms with Crippen molar-refractivity contribution in [2.75, 3.05) is 44.2 Å². The van der Waals surface area contributed by atoms with Gasteiger partial charge in [0, 0.05) is 67.2 Å². The number of nitrogens with one attached hydrogen (secondary N) is 1. The molecule has 4 aromatic rings. The van der Waals surface area contributed by atoms with Crippen LogP contribution in [0.4, 0.5) is 15.8 Å². The molecule has 0 saturated carbocycles. The van der Waals surface area contributed by atoms with E-state index in [4.69, 9.17) is 25.9 Å². The maximum Gasteiger partial charge on any atom is 0.311 e. The average molecular weight is 688 g/mol. The lowest BCUT2D eigenvalue weighted by Gasteiger charge is -2.37. The number of anilines is 1. The van der Waals surface area contributed by atoms with E-state index in [2.05, 4.69) is 20.3 Å². The number of nitro benzene ring substituents is 1. The van der Waals surface area contributed by atoms with Gasteiger partial charge in [-0.2, -0.15) is 0 Å². The summed E-state index contributed by atoms with van der Waals surface area (Å²) in [6.45, 7) is 5.77. The van der Waals surface area contributed by atoms with Gasteiger partial charge in [0.05, 0.1) is 11.5 Å². The van der Waals surface area contributed by atoms with E-state index in [0.717, 1.165) is 22.8 Å². The summed E-state index contributed by atoms with van der Waals surface area (Å²) in [7, 11) is 0. The summed E-state index contributed by atoms with van der Waals surface area (Å²) in [5.41, 5.74) is 3.44. The van der Waals surface area contributed by atoms with Crippen LogP contribution in [0.5, 0.6) is 5.75 Å². The highest BCUT2D eigenvalue weighted by Gasteiger charge is 2.23. The Hall–Kier alpha value is -4.16. The van der Waals surface area contributed by atoms with Gasteiger partial charge in [0.1, 0.15) is 18.1 Å². The highest BCUT2D eigenvalue weighted by atomic mass is 79.9. The van der Waals surface area contributed by atoms with Gasteiger partial charge in [0.2, 0.25) is 0 Å². The first-order valence-corrected chi connectivity index (χ1v) is 14.4. The fourth-order valence-corrected chi connectivity index (χ4v) is 4.96. The zero-order valence-electron chi connectivity index (χ0n) is 24.1. The molecule has 0 aliphatic carbocycles. The molecule has 10 nitrogen and oxygen atoms in total. The molecule has 0 unspecified atom stereocenters. The second-order valence-electron chi connectivity index (χ2n) is 9.94. The first-order valence-electron chi connectivity index (χ1n) is 14.0. The molecule has 1 fully saturated rings. The Morgan fingerprint density at radius 2 is 1.82 bits per heavy atom. The number of piperazine rings is 1. The lowest BCUT2D eigenvalue weighted by Crippen LogP contribution is -2.52. The van der Waals surface area contributed by atoms with E-state index < -0.39 is 4.92 Å². The Balaban J connectivity index is 0.00000442. The topological polar surface area (TPSA) is 109 Å². The second-order valence-corrected chi connectivity index (χ2v) is 10.4. The van der Waals surface area contributed by atoms with Crippen molar-refractivity contribution in [1.29, 1.82) is 0 Å². The molecule has 0 bridgehead atoms. The molecule has 3 aromatic carbocycles. The monoisotopic (exact) mass is 686 g/mol. The lowest BCUT2D eigenvalue weighted by molar-refractivity contribution is -0.385. The van der Waals surface area contributed by atoms with E-state index in [9.17, 15) is 14.5 Å². The van der Waals surface area contributed by atoms with Crippen molar-refractivity contribution < 1.29 is 18.6 Å². The van der Waals surface area contributed by atoms with Crippen LogP contribution in [0.15, 0.2) is 82.3 Å². The van der Waals surface area contributed by atoms with Gasteiger partial charge in [-0.3, -0.25) is 10.1 Å². The van der Waals surface area contributed by atoms with E-state index in [0.29, 0.717) is 68.8 Å². The van der Waals surface area contributed by atoms with Gasteiger partial charge in [-0.15, -0.1) is 17.0 Å². The number of aliphatic imine (C=N–C) groups is 1. The lowest BCUT2D eigenvalue weighted by atomic mass is 10.1. The molecule has 2 heterocycles. The molecule has 13 heteroatoms. The third kappa shape index (κ3) is 8.48. The SMILES string of the molecule is Br.CCOc1cc(N2CCN(C(=NCc3cc(-c4ccc(Cl)cc4)no3)NCCc3ccc(F)cc3)CC2)ccc1[N+](=O)[O-]. The van der Waals surface area contributed by atoms with Crippen molar-refractivity contribution in [3.05, 3.63) is 105 Å². The van der Waals surface area contributed by atoms with E-state index in [1.54, 1.807) is 43.3 Å². The highest BCUT2D eigenvalue weighted by molar-refractivity contribution is 8.93. The van der Waals surface area contributed by atoms with Gasteiger partial charge in [-0.25, -0.2) is 9.38 Å². The molecular weight excluding hydrogens is 655 g/mol. The Labute approximate surface area is 270 Å². The minimum Gasteiger partial charge on any atom is -0.487 e. The molecule has 232 valence electrons. The summed E-state index contributed by atoms with van der Waals surface area (Å²) >= 11 is 6.01. The van der Waals surface area contributed by atoms with E-state index in [-0.39, 0.29) is 34.2 Å². The summed E-state index contributed by atoms with van der Waals surface area (Å²) in [6.07, 6.45) is 0.700. The molecule has 1 aliphatic heterocycles. The van der Waals surface area contributed by atoms with Gasteiger partial charge < -0.3 is 24.4 Å². The third-order valence-corrected chi connectivity index (χ3v) is 7.33. The van der Waals surface area contributed by atoms with Crippen LogP contribution < -0.4 is 15.0 Å². The van der Waals surface area contributed by atoms with Crippen LogP contribution in [0.1, 0.15) is 18.2 Å². The summed E-state index contributed by atoms with van der Waals surface area (Å²) in [6, 6.07) is 20.7. The van der Waals surface area contributed by atoms with Crippen LogP contribution in [0.2, 0.25) is 5.02 Å². The molecule has 1 N–H and O–H groups in total. The van der Waals surface area contributed by atoms with Gasteiger partial charge >= 0.3 is 5.69 Å². The van der Waals surface area contributed by atoms with Crippen LogP contribution in [0.3, 0.4) is 0 Å². The van der Waals surface area contributed by atoms with Crippen LogP contribution in [0.25, 0.3) is 11.3 Å². The normalized spacial score (nSPS) is 13.4. The molecule has 44 heavy (non-hydrogen) atoms. The third-order valence-electron chi connectivity index (χ3n) is 7.08. The summed E-state index contributed by atoms with van der Waals surface area (Å²) in [4.78, 5) is 20.2. The molecule has 0 radical (unpaired) electrons. The summed E-state index contributed by atoms with van der Waals surface area (Å²) in [5.74, 6) is 1.35. The largest absolute Gasteiger partial charge is 0.487 e. The van der Waals surface area contributed by atoms with E-state index in [1.807, 2.05) is 18.2 Å². The van der Waals surface area contributed by atoms with Gasteiger partial charge in [0.25, 0.3) is 0 Å². The van der Waals surface area contributed by atoms with Crippen molar-refractivity contribution >= 4 is 45.9 Å². The van der Waals surface area contributed by atoms with Crippen LogP contribution in [-0.4, -0.2) is 60.3 Å². The van der Waals surface area contributed by atoms with Crippen molar-refractivity contribution in [2.45, 2.75) is 19.9 Å². The summed E-state index contributed by atoms with van der Waals surface area (Å²) in [5, 5.41) is 19.7. The number of benzene rings is 3. The quantitative estimate of drug-likeness (QED) is 0.0868. The molecule has 5 rings (SSSR count). The molecular formula is C31H33BrClFN6O4. The average Bonchev–Trinajstić information content (AvgIpc) is 3.49. The Morgan fingerprint density at radius 1 is 1.09 bits per heavy atom. The molecule has 0 spiro atoms. The maximum atomic E-state index is 13.3. The van der Waals surface area contributed by atoms with E-state index in [1.165, 1.54) is 18.2 Å². The Morgan fingerprint density at radius 3 is 2.50 bits per heavy atom. The highest BCUT2D eigenvalue weighted by Crippen LogP contribution is 2.32. The number of hydrogen-bond acceptors (Lipinski definition) is 7. The van der Waals surface area contributed by atoms with Crippen LogP contribution in [0, 0.1) is 15.9 Å². The van der Waals surface area contributed by atoms with Gasteiger partial charge in [0.15, 0.2) is 17.5 Å². The number of ether oxygens (including phenoxy) is 1. The fourth-order valence-electron chi connectivity index (χ4n) is 4.83. The predicted molar refractivity (Wildman–Crippen MR) is 175 cm³/mol. The van der Waals surface area contributed by atoms with Crippen LogP contribution >= 0.6 is 28.6 Å². The molecule has 1 saturated heterocycles. The number of guanidine groups is 1. The number of halogens is 3. The first kappa shape index (κ1) is 32.7. The number of hydrogen-bond donors (Lipinski definition) is 1. The second kappa shape index (κ2) is 15.5. The van der Waals surface area contributed by atoms with Crippen molar-refractivity contribution in [3.8, 4) is 17.0 Å². The fraction of sp³-hybridized carbons (Fsp3) is 0.290. The van der Waals surface area contributed by atoms with Crippen molar-refractivity contribution in [2.24, 2.45) is 4.99 Å². The summed E-state index contributed by atoms with van der Waals surface area (Å²) < 4.78 is 24.4. The molecule has 0 atom stereocenters. The number of aromatic nitrogens is 1. The van der Waals surface area contributed by atoms with E-state index >= 15 is 0 Å². The zero-order valence-corrected chi connectivity index (χ0v) is 26.6. The minimum atomic E-state index is -0.431. The van der Waals surface area contributed by atoms with Crippen molar-refractivity contribution in [3.63, 3.8) is 0 Å². The first-order chi connectivity index (χ1) is 20.9. The Bertz CT molecular complexity index is 1560. The number of nitro groups is 1. The molecule has 0 amide bonds.